The molecule has 0 aliphatic heterocycles. The Morgan fingerprint density at radius 1 is 1.19 bits per heavy atom. The van der Waals surface area contributed by atoms with E-state index < -0.39 is 0 Å². The van der Waals surface area contributed by atoms with Gasteiger partial charge in [0.2, 0.25) is 0 Å². The van der Waals surface area contributed by atoms with Crippen LogP contribution in [0.2, 0.25) is 5.15 Å². The molecule has 0 atom stereocenters. The van der Waals surface area contributed by atoms with Crippen LogP contribution in [0.4, 0.5) is 0 Å². The molecule has 27 heavy (non-hydrogen) atoms. The van der Waals surface area contributed by atoms with E-state index in [1.807, 2.05) is 57.2 Å². The fourth-order valence-corrected chi connectivity index (χ4v) is 3.03. The second kappa shape index (κ2) is 8.18. The molecule has 0 unspecified atom stereocenters. The van der Waals surface area contributed by atoms with E-state index in [0.29, 0.717) is 17.3 Å². The van der Waals surface area contributed by atoms with Gasteiger partial charge in [0.15, 0.2) is 0 Å². The zero-order chi connectivity index (χ0) is 19.4. The van der Waals surface area contributed by atoms with Crippen molar-refractivity contribution in [3.05, 3.63) is 69.8 Å². The highest BCUT2D eigenvalue weighted by atomic mass is 35.5. The van der Waals surface area contributed by atoms with E-state index in [2.05, 4.69) is 20.7 Å². The van der Waals surface area contributed by atoms with Crippen LogP contribution in [0.3, 0.4) is 0 Å². The first-order chi connectivity index (χ1) is 12.9. The minimum atomic E-state index is -0.261. The van der Waals surface area contributed by atoms with Gasteiger partial charge in [-0.1, -0.05) is 41.9 Å². The molecule has 0 aliphatic rings. The zero-order valence-corrected chi connectivity index (χ0v) is 16.2. The van der Waals surface area contributed by atoms with Gasteiger partial charge in [-0.05, 0) is 32.4 Å². The summed E-state index contributed by atoms with van der Waals surface area (Å²) in [5.41, 5.74) is 6.82. The van der Waals surface area contributed by atoms with E-state index >= 15 is 0 Å². The van der Waals surface area contributed by atoms with Crippen molar-refractivity contribution in [2.75, 3.05) is 0 Å². The molecule has 0 radical (unpaired) electrons. The van der Waals surface area contributed by atoms with Crippen LogP contribution in [-0.4, -0.2) is 31.7 Å². The lowest BCUT2D eigenvalue weighted by molar-refractivity contribution is -0.121. The van der Waals surface area contributed by atoms with E-state index in [1.165, 1.54) is 6.21 Å². The van der Waals surface area contributed by atoms with E-state index in [1.54, 1.807) is 9.36 Å². The van der Waals surface area contributed by atoms with Crippen LogP contribution >= 0.6 is 11.6 Å². The van der Waals surface area contributed by atoms with Gasteiger partial charge in [0.05, 0.1) is 29.7 Å². The van der Waals surface area contributed by atoms with Crippen LogP contribution in [0.5, 0.6) is 0 Å². The number of carbonyl (C=O) groups is 1. The molecule has 140 valence electrons. The summed E-state index contributed by atoms with van der Waals surface area (Å²) in [6.07, 6.45) is 1.52. The third-order valence-corrected chi connectivity index (χ3v) is 4.46. The second-order valence-electron chi connectivity index (χ2n) is 6.31. The van der Waals surface area contributed by atoms with E-state index in [0.717, 1.165) is 22.6 Å². The molecule has 3 aromatic rings. The summed E-state index contributed by atoms with van der Waals surface area (Å²) in [6.45, 7) is 6.32. The summed E-state index contributed by atoms with van der Waals surface area (Å²) in [6, 6.07) is 11.9. The largest absolute Gasteiger partial charge is 0.271 e. The normalized spacial score (nSPS) is 11.3. The molecular formula is C19H21ClN6O. The highest BCUT2D eigenvalue weighted by Crippen LogP contribution is 2.19. The Hall–Kier alpha value is -2.93. The maximum atomic E-state index is 12.0. The Bertz CT molecular complexity index is 974. The third kappa shape index (κ3) is 4.62. The molecule has 0 bridgehead atoms. The van der Waals surface area contributed by atoms with Crippen LogP contribution in [0.1, 0.15) is 28.2 Å². The number of hydrazone groups is 1. The van der Waals surface area contributed by atoms with Gasteiger partial charge in [-0.3, -0.25) is 9.48 Å². The number of benzene rings is 1. The lowest BCUT2D eigenvalue weighted by Crippen LogP contribution is -2.24. The van der Waals surface area contributed by atoms with Crippen molar-refractivity contribution in [3.63, 3.8) is 0 Å². The highest BCUT2D eigenvalue weighted by Gasteiger charge is 2.12. The minimum absolute atomic E-state index is 0.108. The van der Waals surface area contributed by atoms with Gasteiger partial charge in [0, 0.05) is 5.69 Å². The van der Waals surface area contributed by atoms with Crippen molar-refractivity contribution >= 4 is 23.7 Å². The van der Waals surface area contributed by atoms with Crippen LogP contribution < -0.4 is 5.43 Å². The Balaban J connectivity index is 1.65. The summed E-state index contributed by atoms with van der Waals surface area (Å²) in [5.74, 6) is -0.261. The molecule has 0 spiro atoms. The van der Waals surface area contributed by atoms with Gasteiger partial charge < -0.3 is 0 Å². The van der Waals surface area contributed by atoms with Crippen molar-refractivity contribution in [3.8, 4) is 0 Å². The number of hydrogen-bond donors (Lipinski definition) is 1. The zero-order valence-electron chi connectivity index (χ0n) is 15.5. The van der Waals surface area contributed by atoms with E-state index in [9.17, 15) is 4.79 Å². The summed E-state index contributed by atoms with van der Waals surface area (Å²) < 4.78 is 3.35. The maximum Gasteiger partial charge on any atom is 0.261 e. The molecule has 1 N–H and O–H groups in total. The lowest BCUT2D eigenvalue weighted by atomic mass is 10.2. The number of aromatic nitrogens is 4. The first kappa shape index (κ1) is 18.8. The van der Waals surface area contributed by atoms with Gasteiger partial charge in [-0.2, -0.15) is 15.3 Å². The topological polar surface area (TPSA) is 77.1 Å². The standard InChI is InChI=1S/C19H21ClN6O/c1-13-9-14(2)25(23-13)12-18(27)22-21-10-17-15(3)24-26(19(17)20)11-16-7-5-4-6-8-16/h4-10H,11-12H2,1-3H3,(H,22,27)/b21-10-. The van der Waals surface area contributed by atoms with Gasteiger partial charge in [-0.25, -0.2) is 10.1 Å². The first-order valence-corrected chi connectivity index (χ1v) is 8.91. The Kier molecular flexibility index (Phi) is 5.71. The molecule has 0 saturated heterocycles. The van der Waals surface area contributed by atoms with Crippen LogP contribution in [0.25, 0.3) is 0 Å². The van der Waals surface area contributed by atoms with E-state index in [4.69, 9.17) is 11.6 Å². The molecule has 0 aliphatic carbocycles. The van der Waals surface area contributed by atoms with Crippen molar-refractivity contribution < 1.29 is 4.79 Å². The second-order valence-corrected chi connectivity index (χ2v) is 6.67. The number of halogens is 1. The quantitative estimate of drug-likeness (QED) is 0.524. The molecule has 0 fully saturated rings. The molecule has 1 amide bonds. The first-order valence-electron chi connectivity index (χ1n) is 8.54. The highest BCUT2D eigenvalue weighted by molar-refractivity contribution is 6.32. The predicted molar refractivity (Wildman–Crippen MR) is 105 cm³/mol. The molecule has 7 nitrogen and oxygen atoms in total. The molecule has 3 rings (SSSR count). The lowest BCUT2D eigenvalue weighted by Gasteiger charge is -2.03. The maximum absolute atomic E-state index is 12.0. The van der Waals surface area contributed by atoms with Crippen molar-refractivity contribution in [1.29, 1.82) is 0 Å². The Morgan fingerprint density at radius 2 is 1.93 bits per heavy atom. The molecule has 8 heteroatoms. The molecule has 0 saturated carbocycles. The van der Waals surface area contributed by atoms with Crippen LogP contribution in [-0.2, 0) is 17.9 Å². The predicted octanol–water partition coefficient (Wildman–Crippen LogP) is 2.86. The van der Waals surface area contributed by atoms with Crippen molar-refractivity contribution in [2.45, 2.75) is 33.9 Å². The van der Waals surface area contributed by atoms with Gasteiger partial charge in [0.1, 0.15) is 11.7 Å². The Morgan fingerprint density at radius 3 is 2.59 bits per heavy atom. The van der Waals surface area contributed by atoms with Crippen molar-refractivity contribution in [1.82, 2.24) is 25.0 Å². The van der Waals surface area contributed by atoms with Crippen LogP contribution in [0, 0.1) is 20.8 Å². The third-order valence-electron chi connectivity index (χ3n) is 4.06. The smallest absolute Gasteiger partial charge is 0.261 e. The number of aryl methyl sites for hydroxylation is 3. The number of rotatable bonds is 6. The fraction of sp³-hybridized carbons (Fsp3) is 0.263. The van der Waals surface area contributed by atoms with Gasteiger partial charge in [-0.15, -0.1) is 0 Å². The number of nitrogens with zero attached hydrogens (tertiary/aromatic N) is 5. The number of nitrogens with one attached hydrogen (secondary N) is 1. The van der Waals surface area contributed by atoms with Gasteiger partial charge >= 0.3 is 0 Å². The molecule has 2 heterocycles. The summed E-state index contributed by atoms with van der Waals surface area (Å²) in [4.78, 5) is 12.0. The molecule has 1 aromatic carbocycles. The summed E-state index contributed by atoms with van der Waals surface area (Å²) in [7, 11) is 0. The average Bonchev–Trinajstić information content (AvgIpc) is 3.08. The summed E-state index contributed by atoms with van der Waals surface area (Å²) in [5, 5.41) is 13.2. The van der Waals surface area contributed by atoms with Gasteiger partial charge in [0.25, 0.3) is 5.91 Å². The molecular weight excluding hydrogens is 364 g/mol. The van der Waals surface area contributed by atoms with E-state index in [-0.39, 0.29) is 12.5 Å². The number of carbonyl (C=O) groups excluding carboxylic acids is 1. The average molecular weight is 385 g/mol. The fourth-order valence-electron chi connectivity index (χ4n) is 2.75. The number of amides is 1. The minimum Gasteiger partial charge on any atom is -0.271 e. The Labute approximate surface area is 162 Å². The van der Waals surface area contributed by atoms with Crippen LogP contribution in [0.15, 0.2) is 41.5 Å². The summed E-state index contributed by atoms with van der Waals surface area (Å²) >= 11 is 6.43. The number of hydrogen-bond acceptors (Lipinski definition) is 4. The monoisotopic (exact) mass is 384 g/mol. The van der Waals surface area contributed by atoms with Crippen molar-refractivity contribution in [2.24, 2.45) is 5.10 Å². The SMILES string of the molecule is Cc1cc(C)n(CC(=O)N/N=C\c2c(C)nn(Cc3ccccc3)c2Cl)n1. The molecule has 2 aromatic heterocycles.